The van der Waals surface area contributed by atoms with E-state index in [0.29, 0.717) is 17.8 Å². The Morgan fingerprint density at radius 3 is 2.60 bits per heavy atom. The lowest BCUT2D eigenvalue weighted by Crippen LogP contribution is -2.53. The number of alkyl halides is 1. The molecule has 0 radical (unpaired) electrons. The van der Waals surface area contributed by atoms with Gasteiger partial charge < -0.3 is 20.6 Å². The molecule has 3 fully saturated rings. The molecule has 7 nitrogen and oxygen atoms in total. The molecule has 3 amide bonds. The second kappa shape index (κ2) is 9.26. The van der Waals surface area contributed by atoms with E-state index in [0.717, 1.165) is 11.1 Å². The van der Waals surface area contributed by atoms with Crippen LogP contribution in [-0.4, -0.2) is 61.7 Å². The maximum atomic E-state index is 13.8. The van der Waals surface area contributed by atoms with E-state index in [2.05, 4.69) is 26.6 Å². The number of rotatable bonds is 6. The highest BCUT2D eigenvalue weighted by atomic mass is 79.9. The number of carbonyl (C=O) groups is 3. The van der Waals surface area contributed by atoms with Crippen LogP contribution in [0.1, 0.15) is 17.5 Å². The van der Waals surface area contributed by atoms with Gasteiger partial charge in [-0.05, 0) is 49.6 Å². The third-order valence-electron chi connectivity index (χ3n) is 7.37. The van der Waals surface area contributed by atoms with Gasteiger partial charge in [-0.1, -0.05) is 46.3 Å². The van der Waals surface area contributed by atoms with Gasteiger partial charge in [-0.2, -0.15) is 0 Å². The first-order chi connectivity index (χ1) is 16.8. The van der Waals surface area contributed by atoms with Gasteiger partial charge in [-0.3, -0.25) is 14.4 Å². The predicted molar refractivity (Wildman–Crippen MR) is 141 cm³/mol. The number of β-amino-alcohol motifs (C(OH)–C–C–N with tert-alkyl or cyclic N) is 1. The molecule has 0 aliphatic carbocycles. The first kappa shape index (κ1) is 24.3. The van der Waals surface area contributed by atoms with Crippen LogP contribution >= 0.6 is 27.7 Å². The first-order valence-corrected chi connectivity index (χ1v) is 13.5. The maximum Gasteiger partial charge on any atom is 0.248 e. The number of carbonyl (C=O) groups excluding carboxylic acids is 3. The number of fused-ring (bicyclic) bond motifs is 1. The summed E-state index contributed by atoms with van der Waals surface area (Å²) in [5.74, 6) is -1.93. The Morgan fingerprint density at radius 1 is 1.14 bits per heavy atom. The third kappa shape index (κ3) is 3.97. The molecule has 3 saturated heterocycles. The average molecular weight is 558 g/mol. The fourth-order valence-corrected chi connectivity index (χ4v) is 9.51. The van der Waals surface area contributed by atoms with Crippen LogP contribution in [0.5, 0.6) is 0 Å². The topological polar surface area (TPSA) is 98.7 Å². The van der Waals surface area contributed by atoms with E-state index < -0.39 is 22.6 Å². The summed E-state index contributed by atoms with van der Waals surface area (Å²) in [6.07, 6.45) is 0.598. The molecule has 3 unspecified atom stereocenters. The number of para-hydroxylation sites is 1. The Balaban J connectivity index is 1.49. The number of anilines is 2. The monoisotopic (exact) mass is 557 g/mol. The molecule has 3 aliphatic rings. The van der Waals surface area contributed by atoms with Crippen LogP contribution in [0.3, 0.4) is 0 Å². The number of hydrogen-bond acceptors (Lipinski definition) is 5. The number of aryl methyl sites for hydroxylation is 2. The summed E-state index contributed by atoms with van der Waals surface area (Å²) in [6.45, 7) is 3.68. The normalized spacial score (nSPS) is 30.9. The molecule has 5 rings (SSSR count). The van der Waals surface area contributed by atoms with Gasteiger partial charge in [0.2, 0.25) is 17.7 Å². The minimum absolute atomic E-state index is 0.00634. The molecule has 9 heteroatoms. The molecule has 3 N–H and O–H groups in total. The fraction of sp³-hybridized carbons (Fsp3) is 0.423. The molecule has 0 aromatic heterocycles. The van der Waals surface area contributed by atoms with Gasteiger partial charge in [-0.15, -0.1) is 11.8 Å². The lowest BCUT2D eigenvalue weighted by molar-refractivity contribution is -0.138. The molecular weight excluding hydrogens is 530 g/mol. The van der Waals surface area contributed by atoms with E-state index in [1.165, 1.54) is 4.90 Å². The number of likely N-dealkylation sites (tertiary alicyclic amines) is 1. The highest BCUT2D eigenvalue weighted by Crippen LogP contribution is 2.67. The van der Waals surface area contributed by atoms with Crippen LogP contribution < -0.4 is 10.6 Å². The summed E-state index contributed by atoms with van der Waals surface area (Å²) in [4.78, 5) is 42.5. The standard InChI is InChI=1S/C26H28BrN3O4S/c1-14-8-9-15(2)18(12-14)29-24(33)22-26-13-17(27)21(35-26)19(20(26)25(34)30(22)10-11-31)23(32)28-16-6-4-3-5-7-16/h3-9,12,17,19-22,31H,10-11,13H2,1-2H3,(H,28,32)(H,29,33)/t17?,19-,20-,21-,22?,26?/m0/s1. The van der Waals surface area contributed by atoms with Crippen LogP contribution in [0.4, 0.5) is 11.4 Å². The number of nitrogens with one attached hydrogen (secondary N) is 2. The summed E-state index contributed by atoms with van der Waals surface area (Å²) in [5, 5.41) is 15.6. The molecule has 2 bridgehead atoms. The van der Waals surface area contributed by atoms with E-state index in [4.69, 9.17) is 0 Å². The van der Waals surface area contributed by atoms with Gasteiger partial charge in [0.1, 0.15) is 6.04 Å². The number of amides is 3. The second-order valence-electron chi connectivity index (χ2n) is 9.58. The molecule has 1 spiro atoms. The summed E-state index contributed by atoms with van der Waals surface area (Å²) < 4.78 is -0.744. The molecule has 0 saturated carbocycles. The molecular formula is C26H28BrN3O4S. The van der Waals surface area contributed by atoms with Crippen LogP contribution in [0.2, 0.25) is 0 Å². The summed E-state index contributed by atoms with van der Waals surface area (Å²) in [7, 11) is 0. The molecule has 184 valence electrons. The number of aliphatic hydroxyl groups is 1. The first-order valence-electron chi connectivity index (χ1n) is 11.7. The number of benzene rings is 2. The average Bonchev–Trinajstić information content (AvgIpc) is 3.41. The zero-order valence-electron chi connectivity index (χ0n) is 19.5. The summed E-state index contributed by atoms with van der Waals surface area (Å²) in [6, 6.07) is 14.3. The van der Waals surface area contributed by atoms with E-state index in [9.17, 15) is 19.5 Å². The number of nitrogens with zero attached hydrogens (tertiary/aromatic N) is 1. The van der Waals surface area contributed by atoms with E-state index in [1.54, 1.807) is 11.8 Å². The van der Waals surface area contributed by atoms with Gasteiger partial charge in [-0.25, -0.2) is 0 Å². The number of hydrogen-bond donors (Lipinski definition) is 3. The van der Waals surface area contributed by atoms with Crippen molar-refractivity contribution in [3.63, 3.8) is 0 Å². The van der Waals surface area contributed by atoms with Gasteiger partial charge >= 0.3 is 0 Å². The van der Waals surface area contributed by atoms with Crippen molar-refractivity contribution in [2.75, 3.05) is 23.8 Å². The van der Waals surface area contributed by atoms with Crippen molar-refractivity contribution in [1.82, 2.24) is 4.90 Å². The van der Waals surface area contributed by atoms with Gasteiger partial charge in [0.25, 0.3) is 0 Å². The van der Waals surface area contributed by atoms with Gasteiger partial charge in [0, 0.05) is 28.0 Å². The van der Waals surface area contributed by atoms with Gasteiger partial charge in [0.05, 0.1) is 23.2 Å². The Labute approximate surface area is 217 Å². The molecule has 35 heavy (non-hydrogen) atoms. The van der Waals surface area contributed by atoms with E-state index in [1.807, 2.05) is 62.4 Å². The van der Waals surface area contributed by atoms with Crippen molar-refractivity contribution in [1.29, 1.82) is 0 Å². The van der Waals surface area contributed by atoms with Crippen molar-refractivity contribution in [2.45, 2.75) is 41.1 Å². The summed E-state index contributed by atoms with van der Waals surface area (Å²) >= 11 is 5.33. The van der Waals surface area contributed by atoms with Crippen LogP contribution in [0, 0.1) is 25.7 Å². The van der Waals surface area contributed by atoms with Crippen molar-refractivity contribution < 1.29 is 19.5 Å². The second-order valence-corrected chi connectivity index (χ2v) is 12.3. The smallest absolute Gasteiger partial charge is 0.248 e. The van der Waals surface area contributed by atoms with Gasteiger partial charge in [0.15, 0.2) is 0 Å². The third-order valence-corrected chi connectivity index (χ3v) is 10.6. The molecule has 3 aliphatic heterocycles. The zero-order valence-corrected chi connectivity index (χ0v) is 21.9. The Kier molecular flexibility index (Phi) is 6.44. The highest BCUT2D eigenvalue weighted by molar-refractivity contribution is 9.09. The van der Waals surface area contributed by atoms with Crippen LogP contribution in [0.25, 0.3) is 0 Å². The Bertz CT molecular complexity index is 1180. The van der Waals surface area contributed by atoms with Crippen molar-refractivity contribution in [3.05, 3.63) is 59.7 Å². The quantitative estimate of drug-likeness (QED) is 0.473. The molecule has 6 atom stereocenters. The predicted octanol–water partition coefficient (Wildman–Crippen LogP) is 3.34. The van der Waals surface area contributed by atoms with Crippen molar-refractivity contribution in [3.8, 4) is 0 Å². The minimum atomic E-state index is -0.781. The van der Waals surface area contributed by atoms with Crippen molar-refractivity contribution >= 4 is 56.8 Å². The Hall–Kier alpha value is -2.36. The molecule has 2 aromatic carbocycles. The number of thioether (sulfide) groups is 1. The largest absolute Gasteiger partial charge is 0.395 e. The molecule has 3 heterocycles. The zero-order chi connectivity index (χ0) is 24.9. The van der Waals surface area contributed by atoms with Crippen LogP contribution in [-0.2, 0) is 14.4 Å². The van der Waals surface area contributed by atoms with Crippen LogP contribution in [0.15, 0.2) is 48.5 Å². The minimum Gasteiger partial charge on any atom is -0.395 e. The molecule has 2 aromatic rings. The maximum absolute atomic E-state index is 13.8. The lowest BCUT2D eigenvalue weighted by atomic mass is 9.70. The number of aliphatic hydroxyl groups excluding tert-OH is 1. The highest BCUT2D eigenvalue weighted by Gasteiger charge is 2.75. The SMILES string of the molecule is Cc1ccc(C)c(NC(=O)C2N(CCO)C(=O)[C@@H]3[C@H](C(=O)Nc4ccccc4)[C@H]4SC23CC4Br)c1. The summed E-state index contributed by atoms with van der Waals surface area (Å²) in [5.41, 5.74) is 3.33. The Morgan fingerprint density at radius 2 is 1.89 bits per heavy atom. The van der Waals surface area contributed by atoms with Crippen molar-refractivity contribution in [2.24, 2.45) is 11.8 Å². The van der Waals surface area contributed by atoms with E-state index in [-0.39, 0.29) is 41.0 Å². The lowest BCUT2D eigenvalue weighted by Gasteiger charge is -2.35. The number of halogens is 1. The van der Waals surface area contributed by atoms with E-state index >= 15 is 0 Å². The fourth-order valence-electron chi connectivity index (χ4n) is 5.90.